The van der Waals surface area contributed by atoms with Crippen molar-refractivity contribution in [2.45, 2.75) is 38.3 Å². The molecule has 2 aromatic heterocycles. The van der Waals surface area contributed by atoms with Gasteiger partial charge in [0.2, 0.25) is 0 Å². The van der Waals surface area contributed by atoms with Crippen LogP contribution in [0.4, 0.5) is 10.2 Å². The van der Waals surface area contributed by atoms with Crippen LogP contribution in [0, 0.1) is 17.1 Å². The predicted octanol–water partition coefficient (Wildman–Crippen LogP) is 4.73. The Labute approximate surface area is 260 Å². The first-order valence-corrected chi connectivity index (χ1v) is 15.0. The molecule has 4 heterocycles. The summed E-state index contributed by atoms with van der Waals surface area (Å²) < 4.78 is 28.6. The number of nitrogens with two attached hydrogens (primary N) is 1. The van der Waals surface area contributed by atoms with Crippen molar-refractivity contribution < 1.29 is 18.7 Å². The number of benzene rings is 2. The van der Waals surface area contributed by atoms with E-state index >= 15 is 4.39 Å². The zero-order valence-corrected chi connectivity index (χ0v) is 25.3. The van der Waals surface area contributed by atoms with Crippen molar-refractivity contribution >= 4 is 22.8 Å². The number of morpholine rings is 1. The lowest BCUT2D eigenvalue weighted by molar-refractivity contribution is -0.128. The molecule has 2 N–H and O–H groups in total. The standard InChI is InChI=1S/C33H35FN8O3/c1-33(2,41-13-15-44-16-14-41)18-22(19-35)32(43)40-12-6-7-23(20-40)42-31-28(30(36)37-21-38-31)29(39-42)26-11-10-25(17-27(26)34)45-24-8-4-3-5-9-24/h3-5,8-11,17-18,21,23H,6-7,12-16,20H2,1-2H3,(H2,36,37,38)/b22-18-/t23-/m0/s1. The maximum Gasteiger partial charge on any atom is 0.264 e. The summed E-state index contributed by atoms with van der Waals surface area (Å²) in [7, 11) is 0. The minimum atomic E-state index is -0.537. The smallest absolute Gasteiger partial charge is 0.264 e. The number of para-hydroxylation sites is 1. The molecule has 12 heteroatoms. The number of carbonyl (C=O) groups excluding carboxylic acids is 1. The van der Waals surface area contributed by atoms with Gasteiger partial charge in [-0.2, -0.15) is 10.4 Å². The Bertz CT molecular complexity index is 1780. The summed E-state index contributed by atoms with van der Waals surface area (Å²) in [6.07, 6.45) is 4.51. The first kappa shape index (κ1) is 30.2. The van der Waals surface area contributed by atoms with Crippen LogP contribution in [0.25, 0.3) is 22.3 Å². The molecule has 4 aromatic rings. The Balaban J connectivity index is 1.28. The highest BCUT2D eigenvalue weighted by molar-refractivity contribution is 5.99. The van der Waals surface area contributed by atoms with E-state index in [1.165, 1.54) is 12.4 Å². The number of fused-ring (bicyclic) bond motifs is 1. The number of ether oxygens (including phenoxy) is 2. The van der Waals surface area contributed by atoms with Crippen molar-refractivity contribution in [3.63, 3.8) is 0 Å². The molecule has 2 aliphatic rings. The molecule has 1 atom stereocenters. The number of halogens is 1. The third-order valence-electron chi connectivity index (χ3n) is 8.40. The highest BCUT2D eigenvalue weighted by Crippen LogP contribution is 2.36. The van der Waals surface area contributed by atoms with Crippen LogP contribution in [0.3, 0.4) is 0 Å². The van der Waals surface area contributed by atoms with E-state index in [9.17, 15) is 10.1 Å². The fourth-order valence-corrected chi connectivity index (χ4v) is 6.05. The summed E-state index contributed by atoms with van der Waals surface area (Å²) in [5.74, 6) is 0.247. The second-order valence-electron chi connectivity index (χ2n) is 11.8. The number of amides is 1. The van der Waals surface area contributed by atoms with E-state index in [1.807, 2.05) is 32.0 Å². The predicted molar refractivity (Wildman–Crippen MR) is 167 cm³/mol. The number of hydrogen-bond donors (Lipinski definition) is 1. The number of carbonyl (C=O) groups is 1. The van der Waals surface area contributed by atoms with Crippen LogP contribution in [0.5, 0.6) is 11.5 Å². The molecule has 232 valence electrons. The van der Waals surface area contributed by atoms with Gasteiger partial charge in [-0.1, -0.05) is 18.2 Å². The first-order chi connectivity index (χ1) is 21.7. The third kappa shape index (κ3) is 6.22. The topological polar surface area (TPSA) is 135 Å². The Morgan fingerprint density at radius 1 is 1.13 bits per heavy atom. The van der Waals surface area contributed by atoms with Gasteiger partial charge in [-0.3, -0.25) is 9.69 Å². The van der Waals surface area contributed by atoms with Crippen molar-refractivity contribution in [1.82, 2.24) is 29.5 Å². The van der Waals surface area contributed by atoms with Crippen LogP contribution in [-0.2, 0) is 9.53 Å². The molecule has 2 aliphatic heterocycles. The van der Waals surface area contributed by atoms with Crippen LogP contribution >= 0.6 is 0 Å². The largest absolute Gasteiger partial charge is 0.457 e. The molecule has 1 amide bonds. The summed E-state index contributed by atoms with van der Waals surface area (Å²) in [5.41, 5.74) is 6.89. The summed E-state index contributed by atoms with van der Waals surface area (Å²) in [5, 5.41) is 15.2. The number of likely N-dealkylation sites (tertiary alicyclic amines) is 1. The second-order valence-corrected chi connectivity index (χ2v) is 11.8. The molecule has 0 saturated carbocycles. The van der Waals surface area contributed by atoms with E-state index in [4.69, 9.17) is 20.3 Å². The van der Waals surface area contributed by atoms with E-state index in [-0.39, 0.29) is 28.9 Å². The molecular weight excluding hydrogens is 575 g/mol. The Kier molecular flexibility index (Phi) is 8.47. The van der Waals surface area contributed by atoms with E-state index < -0.39 is 11.4 Å². The molecular formula is C33H35FN8O3. The third-order valence-corrected chi connectivity index (χ3v) is 8.40. The SMILES string of the molecule is CC(C)(/C=C(/C#N)C(=O)N1CCC[C@H](n2nc(-c3ccc(Oc4ccccc4)cc3F)c3c(N)ncnc32)C1)N1CCOCC1. The molecule has 6 rings (SSSR count). The van der Waals surface area contributed by atoms with Gasteiger partial charge in [-0.05, 0) is 57.0 Å². The number of anilines is 1. The van der Waals surface area contributed by atoms with Gasteiger partial charge in [-0.25, -0.2) is 19.0 Å². The van der Waals surface area contributed by atoms with Gasteiger partial charge in [0.25, 0.3) is 5.91 Å². The number of rotatable bonds is 7. The fraction of sp³-hybridized carbons (Fsp3) is 0.364. The molecule has 2 saturated heterocycles. The van der Waals surface area contributed by atoms with Crippen LogP contribution in [-0.4, -0.2) is 80.4 Å². The van der Waals surface area contributed by atoms with Gasteiger partial charge in [0, 0.05) is 43.3 Å². The van der Waals surface area contributed by atoms with Gasteiger partial charge in [-0.15, -0.1) is 0 Å². The maximum atomic E-state index is 15.6. The van der Waals surface area contributed by atoms with Crippen molar-refractivity contribution in [2.75, 3.05) is 45.1 Å². The van der Waals surface area contributed by atoms with Gasteiger partial charge in [0.15, 0.2) is 5.65 Å². The van der Waals surface area contributed by atoms with E-state index in [0.29, 0.717) is 67.4 Å². The molecule has 0 aliphatic carbocycles. The van der Waals surface area contributed by atoms with E-state index in [1.54, 1.807) is 39.9 Å². The normalized spacial score (nSPS) is 18.1. The van der Waals surface area contributed by atoms with Crippen molar-refractivity contribution in [2.24, 2.45) is 0 Å². The minimum absolute atomic E-state index is 0.101. The number of hydrogen-bond acceptors (Lipinski definition) is 9. The van der Waals surface area contributed by atoms with Crippen molar-refractivity contribution in [3.8, 4) is 28.8 Å². The van der Waals surface area contributed by atoms with E-state index in [2.05, 4.69) is 20.9 Å². The zero-order valence-electron chi connectivity index (χ0n) is 25.3. The van der Waals surface area contributed by atoms with Crippen LogP contribution in [0.15, 0.2) is 66.5 Å². The zero-order chi connectivity index (χ0) is 31.6. The lowest BCUT2D eigenvalue weighted by Crippen LogP contribution is -2.49. The van der Waals surface area contributed by atoms with Crippen molar-refractivity contribution in [1.29, 1.82) is 5.26 Å². The number of nitrogen functional groups attached to an aromatic ring is 1. The van der Waals surface area contributed by atoms with Crippen LogP contribution < -0.4 is 10.5 Å². The average Bonchev–Trinajstić information content (AvgIpc) is 3.45. The summed E-state index contributed by atoms with van der Waals surface area (Å²) >= 11 is 0. The summed E-state index contributed by atoms with van der Waals surface area (Å²) in [6, 6.07) is 15.6. The minimum Gasteiger partial charge on any atom is -0.457 e. The molecule has 2 aromatic carbocycles. The molecule has 0 spiro atoms. The Hall–Kier alpha value is -4.86. The van der Waals surface area contributed by atoms with Gasteiger partial charge < -0.3 is 20.1 Å². The van der Waals surface area contributed by atoms with Gasteiger partial charge in [0.1, 0.15) is 46.8 Å². The number of aromatic nitrogens is 4. The highest BCUT2D eigenvalue weighted by Gasteiger charge is 2.33. The number of piperidine rings is 1. The average molecular weight is 611 g/mol. The molecule has 2 fully saturated rings. The van der Waals surface area contributed by atoms with Crippen LogP contribution in [0.2, 0.25) is 0 Å². The first-order valence-electron chi connectivity index (χ1n) is 15.0. The lowest BCUT2D eigenvalue weighted by Gasteiger charge is -2.39. The monoisotopic (exact) mass is 610 g/mol. The lowest BCUT2D eigenvalue weighted by atomic mass is 9.97. The van der Waals surface area contributed by atoms with E-state index in [0.717, 1.165) is 13.1 Å². The molecule has 45 heavy (non-hydrogen) atoms. The fourth-order valence-electron chi connectivity index (χ4n) is 6.05. The Morgan fingerprint density at radius 3 is 2.64 bits per heavy atom. The maximum absolute atomic E-state index is 15.6. The summed E-state index contributed by atoms with van der Waals surface area (Å²) in [4.78, 5) is 26.2. The Morgan fingerprint density at radius 2 is 1.91 bits per heavy atom. The van der Waals surface area contributed by atoms with Gasteiger partial charge in [0.05, 0.1) is 24.6 Å². The number of nitriles is 1. The van der Waals surface area contributed by atoms with Crippen molar-refractivity contribution in [3.05, 3.63) is 72.3 Å². The number of nitrogens with zero attached hydrogens (tertiary/aromatic N) is 7. The molecule has 0 bridgehead atoms. The molecule has 0 radical (unpaired) electrons. The quantitative estimate of drug-likeness (QED) is 0.233. The van der Waals surface area contributed by atoms with Gasteiger partial charge >= 0.3 is 0 Å². The summed E-state index contributed by atoms with van der Waals surface area (Å²) in [6.45, 7) is 7.51. The second kappa shape index (κ2) is 12.6. The molecule has 11 nitrogen and oxygen atoms in total. The highest BCUT2D eigenvalue weighted by atomic mass is 19.1. The van der Waals surface area contributed by atoms with Crippen LogP contribution in [0.1, 0.15) is 32.7 Å². The molecule has 0 unspecified atom stereocenters.